The summed E-state index contributed by atoms with van der Waals surface area (Å²) in [6.45, 7) is 1.45. The van der Waals surface area contributed by atoms with Crippen molar-refractivity contribution in [2.45, 2.75) is 56.9 Å². The van der Waals surface area contributed by atoms with Gasteiger partial charge in [0.05, 0.1) is 12.2 Å². The summed E-state index contributed by atoms with van der Waals surface area (Å²) >= 11 is 0. The molecule has 4 rings (SSSR count). The van der Waals surface area contributed by atoms with Crippen molar-refractivity contribution >= 4 is 5.91 Å². The van der Waals surface area contributed by atoms with Crippen molar-refractivity contribution in [1.82, 2.24) is 15.1 Å². The second-order valence-electron chi connectivity index (χ2n) is 7.10. The molecule has 2 fully saturated rings. The van der Waals surface area contributed by atoms with Crippen LogP contribution in [0.4, 0.5) is 0 Å². The van der Waals surface area contributed by atoms with Gasteiger partial charge < -0.3 is 5.32 Å². The van der Waals surface area contributed by atoms with Gasteiger partial charge in [0.15, 0.2) is 0 Å². The smallest absolute Gasteiger partial charge is 0.220 e. The van der Waals surface area contributed by atoms with Gasteiger partial charge in [-0.05, 0) is 43.7 Å². The summed E-state index contributed by atoms with van der Waals surface area (Å²) in [6, 6.07) is 12.5. The molecule has 2 aromatic rings. The molecular weight excluding hydrogens is 298 g/mol. The lowest BCUT2D eigenvalue weighted by Gasteiger charge is -2.08. The van der Waals surface area contributed by atoms with Crippen LogP contribution in [0.15, 0.2) is 36.4 Å². The second kappa shape index (κ2) is 6.80. The van der Waals surface area contributed by atoms with E-state index >= 15 is 0 Å². The number of aryl methyl sites for hydroxylation is 1. The van der Waals surface area contributed by atoms with E-state index in [0.29, 0.717) is 24.8 Å². The van der Waals surface area contributed by atoms with Gasteiger partial charge in [0.25, 0.3) is 0 Å². The number of hydrogen-bond donors (Lipinski definition) is 1. The molecule has 2 aliphatic rings. The molecular formula is C20H25N3O. The first-order valence-electron chi connectivity index (χ1n) is 9.18. The van der Waals surface area contributed by atoms with Crippen molar-refractivity contribution in [3.8, 4) is 0 Å². The summed E-state index contributed by atoms with van der Waals surface area (Å²) in [5.41, 5.74) is 3.87. The van der Waals surface area contributed by atoms with Gasteiger partial charge in [-0.15, -0.1) is 0 Å². The highest BCUT2D eigenvalue weighted by Gasteiger charge is 2.32. The monoisotopic (exact) mass is 323 g/mol. The van der Waals surface area contributed by atoms with E-state index in [1.807, 2.05) is 18.2 Å². The largest absolute Gasteiger partial charge is 0.354 e. The molecule has 0 spiro atoms. The van der Waals surface area contributed by atoms with Crippen molar-refractivity contribution in [1.29, 1.82) is 0 Å². The maximum atomic E-state index is 12.0. The lowest BCUT2D eigenvalue weighted by atomic mass is 10.1. The van der Waals surface area contributed by atoms with Crippen LogP contribution in [-0.4, -0.2) is 22.2 Å². The van der Waals surface area contributed by atoms with Gasteiger partial charge in [0, 0.05) is 30.5 Å². The molecule has 0 bridgehead atoms. The van der Waals surface area contributed by atoms with Crippen molar-refractivity contribution < 1.29 is 4.79 Å². The molecule has 2 aliphatic carbocycles. The molecule has 1 N–H and O–H groups in total. The molecule has 4 nitrogen and oxygen atoms in total. The molecule has 1 aromatic heterocycles. The number of rotatable bonds is 8. The zero-order valence-electron chi connectivity index (χ0n) is 14.1. The first kappa shape index (κ1) is 15.4. The third-order valence-corrected chi connectivity index (χ3v) is 4.95. The molecule has 0 radical (unpaired) electrons. The van der Waals surface area contributed by atoms with Gasteiger partial charge in [0.2, 0.25) is 5.91 Å². The minimum absolute atomic E-state index is 0.126. The lowest BCUT2D eigenvalue weighted by molar-refractivity contribution is -0.121. The third kappa shape index (κ3) is 3.86. The normalized spacial score (nSPS) is 17.0. The van der Waals surface area contributed by atoms with Gasteiger partial charge in [-0.2, -0.15) is 5.10 Å². The van der Waals surface area contributed by atoms with E-state index in [2.05, 4.69) is 28.2 Å². The minimum atomic E-state index is 0.126. The number of nitrogens with one attached hydrogen (secondary N) is 1. The highest BCUT2D eigenvalue weighted by atomic mass is 16.1. The number of carbonyl (C=O) groups excluding carboxylic acids is 1. The fourth-order valence-corrected chi connectivity index (χ4v) is 3.21. The molecule has 4 heteroatoms. The van der Waals surface area contributed by atoms with Crippen LogP contribution in [0.25, 0.3) is 0 Å². The van der Waals surface area contributed by atoms with Crippen LogP contribution in [-0.2, 0) is 17.8 Å². The SMILES string of the molecule is O=C(CCc1ccccc1)NCCn1nc(C2CC2)cc1C1CC1. The predicted molar refractivity (Wildman–Crippen MR) is 93.9 cm³/mol. The Kier molecular flexibility index (Phi) is 4.37. The van der Waals surface area contributed by atoms with E-state index in [4.69, 9.17) is 5.10 Å². The topological polar surface area (TPSA) is 46.9 Å². The Morgan fingerprint density at radius 1 is 1.12 bits per heavy atom. The highest BCUT2D eigenvalue weighted by molar-refractivity contribution is 5.76. The van der Waals surface area contributed by atoms with Gasteiger partial charge in [-0.1, -0.05) is 30.3 Å². The fourth-order valence-electron chi connectivity index (χ4n) is 3.21. The van der Waals surface area contributed by atoms with Gasteiger partial charge >= 0.3 is 0 Å². The Labute approximate surface area is 143 Å². The molecule has 1 aromatic carbocycles. The predicted octanol–water partition coefficient (Wildman–Crippen LogP) is 3.39. The van der Waals surface area contributed by atoms with E-state index in [1.165, 1.54) is 42.6 Å². The van der Waals surface area contributed by atoms with Crippen LogP contribution in [0.2, 0.25) is 0 Å². The molecule has 0 unspecified atom stereocenters. The van der Waals surface area contributed by atoms with Crippen molar-refractivity contribution in [3.05, 3.63) is 53.3 Å². The van der Waals surface area contributed by atoms with E-state index in [9.17, 15) is 4.79 Å². The number of carbonyl (C=O) groups is 1. The Morgan fingerprint density at radius 3 is 2.58 bits per heavy atom. The Bertz CT molecular complexity index is 699. The molecule has 1 heterocycles. The first-order chi connectivity index (χ1) is 11.8. The first-order valence-corrected chi connectivity index (χ1v) is 9.18. The van der Waals surface area contributed by atoms with Crippen LogP contribution in [0.3, 0.4) is 0 Å². The quantitative estimate of drug-likeness (QED) is 0.809. The third-order valence-electron chi connectivity index (χ3n) is 4.95. The van der Waals surface area contributed by atoms with E-state index in [-0.39, 0.29) is 5.91 Å². The maximum Gasteiger partial charge on any atom is 0.220 e. The maximum absolute atomic E-state index is 12.0. The second-order valence-corrected chi connectivity index (χ2v) is 7.10. The molecule has 0 aliphatic heterocycles. The number of amides is 1. The summed E-state index contributed by atoms with van der Waals surface area (Å²) in [4.78, 5) is 12.0. The van der Waals surface area contributed by atoms with Crippen LogP contribution in [0.5, 0.6) is 0 Å². The summed E-state index contributed by atoms with van der Waals surface area (Å²) in [5.74, 6) is 1.53. The zero-order chi connectivity index (χ0) is 16.4. The summed E-state index contributed by atoms with van der Waals surface area (Å²) in [5, 5.41) is 7.83. The summed E-state index contributed by atoms with van der Waals surface area (Å²) in [6.07, 6.45) is 6.51. The minimum Gasteiger partial charge on any atom is -0.354 e. The lowest BCUT2D eigenvalue weighted by Crippen LogP contribution is -2.28. The van der Waals surface area contributed by atoms with E-state index < -0.39 is 0 Å². The Morgan fingerprint density at radius 2 is 1.88 bits per heavy atom. The Hall–Kier alpha value is -2.10. The average Bonchev–Trinajstić information content (AvgIpc) is 3.52. The molecule has 24 heavy (non-hydrogen) atoms. The van der Waals surface area contributed by atoms with Crippen molar-refractivity contribution in [2.75, 3.05) is 6.54 Å². The van der Waals surface area contributed by atoms with Crippen LogP contribution in [0, 0.1) is 0 Å². The molecule has 2 saturated carbocycles. The van der Waals surface area contributed by atoms with Gasteiger partial charge in [-0.25, -0.2) is 0 Å². The molecule has 126 valence electrons. The van der Waals surface area contributed by atoms with Gasteiger partial charge in [0.1, 0.15) is 0 Å². The van der Waals surface area contributed by atoms with Crippen LogP contribution >= 0.6 is 0 Å². The van der Waals surface area contributed by atoms with Crippen LogP contribution in [0.1, 0.15) is 60.9 Å². The number of hydrogen-bond acceptors (Lipinski definition) is 2. The highest BCUT2D eigenvalue weighted by Crippen LogP contribution is 2.44. The number of nitrogens with zero attached hydrogens (tertiary/aromatic N) is 2. The van der Waals surface area contributed by atoms with Crippen molar-refractivity contribution in [2.24, 2.45) is 0 Å². The Balaban J connectivity index is 1.25. The van der Waals surface area contributed by atoms with Crippen molar-refractivity contribution in [3.63, 3.8) is 0 Å². The fraction of sp³-hybridized carbons (Fsp3) is 0.500. The average molecular weight is 323 g/mol. The number of aromatic nitrogens is 2. The molecule has 0 saturated heterocycles. The standard InChI is InChI=1S/C20H25N3O/c24-20(11-6-15-4-2-1-3-5-15)21-12-13-23-19(17-9-10-17)14-18(22-23)16-7-8-16/h1-5,14,16-17H,6-13H2,(H,21,24). The van der Waals surface area contributed by atoms with E-state index in [1.54, 1.807) is 0 Å². The summed E-state index contributed by atoms with van der Waals surface area (Å²) in [7, 11) is 0. The van der Waals surface area contributed by atoms with E-state index in [0.717, 1.165) is 13.0 Å². The molecule has 1 amide bonds. The van der Waals surface area contributed by atoms with Crippen LogP contribution < -0.4 is 5.32 Å². The zero-order valence-corrected chi connectivity index (χ0v) is 14.1. The summed E-state index contributed by atoms with van der Waals surface area (Å²) < 4.78 is 2.14. The number of benzene rings is 1. The molecule has 0 atom stereocenters. The van der Waals surface area contributed by atoms with Gasteiger partial charge in [-0.3, -0.25) is 9.48 Å².